The van der Waals surface area contributed by atoms with Gasteiger partial charge in [-0.3, -0.25) is 19.4 Å². The highest BCUT2D eigenvalue weighted by atomic mass is 16.2. The van der Waals surface area contributed by atoms with Crippen LogP contribution in [0.1, 0.15) is 55.2 Å². The Labute approximate surface area is 175 Å². The fraction of sp³-hybridized carbons (Fsp3) is 0.455. The molecule has 2 aromatic rings. The second-order valence-electron chi connectivity index (χ2n) is 8.36. The Balaban J connectivity index is 1.66. The molecule has 2 amide bonds. The van der Waals surface area contributed by atoms with Gasteiger partial charge in [-0.15, -0.1) is 0 Å². The molecular weight excluding hydrogens is 382 g/mol. The van der Waals surface area contributed by atoms with Crippen molar-refractivity contribution in [3.8, 4) is 0 Å². The first-order valence-corrected chi connectivity index (χ1v) is 10.4. The van der Waals surface area contributed by atoms with E-state index < -0.39 is 5.92 Å². The Morgan fingerprint density at radius 2 is 1.90 bits per heavy atom. The molecular formula is C22H27N5O3. The number of benzene rings is 1. The third-order valence-electron chi connectivity index (χ3n) is 5.82. The number of carbonyl (C=O) groups is 2. The van der Waals surface area contributed by atoms with Gasteiger partial charge < -0.3 is 15.5 Å². The molecule has 158 valence electrons. The minimum Gasteiger partial charge on any atom is -0.340 e. The summed E-state index contributed by atoms with van der Waals surface area (Å²) in [6.45, 7) is 6.79. The Morgan fingerprint density at radius 1 is 1.17 bits per heavy atom. The maximum atomic E-state index is 13.0. The van der Waals surface area contributed by atoms with Crippen LogP contribution >= 0.6 is 0 Å². The molecule has 1 aromatic carbocycles. The van der Waals surface area contributed by atoms with Crippen molar-refractivity contribution in [2.24, 2.45) is 0 Å². The normalized spacial score (nSPS) is 21.0. The van der Waals surface area contributed by atoms with Crippen LogP contribution in [-0.2, 0) is 9.59 Å². The Morgan fingerprint density at radius 3 is 2.60 bits per heavy atom. The number of H-pyrrole nitrogens is 1. The van der Waals surface area contributed by atoms with Gasteiger partial charge in [-0.1, -0.05) is 6.07 Å². The van der Waals surface area contributed by atoms with E-state index in [2.05, 4.69) is 32.4 Å². The van der Waals surface area contributed by atoms with E-state index in [4.69, 9.17) is 0 Å². The summed E-state index contributed by atoms with van der Waals surface area (Å²) in [7, 11) is 0. The second-order valence-corrected chi connectivity index (χ2v) is 8.36. The van der Waals surface area contributed by atoms with E-state index >= 15 is 0 Å². The topological polar surface area (TPSA) is 107 Å². The SMILES string of the molecule is Cc1cc(C)cc(NC(=O)[C@H]2CC(=O)Nc3nc(N4CCCC[C@H]4C)[nH]c(=O)c32)c1. The first-order valence-electron chi connectivity index (χ1n) is 10.4. The predicted octanol–water partition coefficient (Wildman–Crippen LogP) is 2.83. The summed E-state index contributed by atoms with van der Waals surface area (Å²) >= 11 is 0. The summed E-state index contributed by atoms with van der Waals surface area (Å²) in [5.74, 6) is -0.968. The second kappa shape index (κ2) is 7.93. The fourth-order valence-corrected chi connectivity index (χ4v) is 4.41. The summed E-state index contributed by atoms with van der Waals surface area (Å²) < 4.78 is 0. The smallest absolute Gasteiger partial charge is 0.258 e. The summed E-state index contributed by atoms with van der Waals surface area (Å²) in [6, 6.07) is 5.98. The highest BCUT2D eigenvalue weighted by Crippen LogP contribution is 2.31. The standard InChI is InChI=1S/C22H27N5O3/c1-12-8-13(2)10-15(9-12)23-20(29)16-11-17(28)24-19-18(16)21(30)26-22(25-19)27-7-5-4-6-14(27)3/h8-10,14,16H,4-7,11H2,1-3H3,(H,23,29)(H2,24,25,26,28,30)/t14-,16+/m1/s1. The van der Waals surface area contributed by atoms with Gasteiger partial charge in [-0.25, -0.2) is 0 Å². The van der Waals surface area contributed by atoms with E-state index in [0.29, 0.717) is 11.6 Å². The molecule has 0 spiro atoms. The van der Waals surface area contributed by atoms with Crippen molar-refractivity contribution in [2.45, 2.75) is 58.4 Å². The number of fused-ring (bicyclic) bond motifs is 1. The number of hydrogen-bond acceptors (Lipinski definition) is 5. The molecule has 0 radical (unpaired) electrons. The average molecular weight is 409 g/mol. The number of aromatic amines is 1. The molecule has 8 heteroatoms. The molecule has 1 fully saturated rings. The van der Waals surface area contributed by atoms with Crippen molar-refractivity contribution in [3.05, 3.63) is 45.2 Å². The van der Waals surface area contributed by atoms with Gasteiger partial charge in [-0.05, 0) is 63.3 Å². The molecule has 30 heavy (non-hydrogen) atoms. The molecule has 0 unspecified atom stereocenters. The number of amides is 2. The van der Waals surface area contributed by atoms with Crippen LogP contribution in [0.25, 0.3) is 0 Å². The molecule has 2 atom stereocenters. The van der Waals surface area contributed by atoms with Crippen LogP contribution in [0, 0.1) is 13.8 Å². The molecule has 2 aliphatic heterocycles. The zero-order valence-corrected chi connectivity index (χ0v) is 17.5. The largest absolute Gasteiger partial charge is 0.340 e. The first kappa shape index (κ1) is 20.1. The summed E-state index contributed by atoms with van der Waals surface area (Å²) in [6.07, 6.45) is 3.10. The van der Waals surface area contributed by atoms with Crippen molar-refractivity contribution in [1.29, 1.82) is 0 Å². The number of aromatic nitrogens is 2. The fourth-order valence-electron chi connectivity index (χ4n) is 4.41. The highest BCUT2D eigenvalue weighted by Gasteiger charge is 2.35. The lowest BCUT2D eigenvalue weighted by molar-refractivity contribution is -0.123. The van der Waals surface area contributed by atoms with Crippen LogP contribution in [-0.4, -0.2) is 34.4 Å². The van der Waals surface area contributed by atoms with Gasteiger partial charge in [0.2, 0.25) is 17.8 Å². The van der Waals surface area contributed by atoms with E-state index in [9.17, 15) is 14.4 Å². The van der Waals surface area contributed by atoms with Gasteiger partial charge in [0.05, 0.1) is 11.5 Å². The number of rotatable bonds is 3. The van der Waals surface area contributed by atoms with Gasteiger partial charge in [0.15, 0.2) is 0 Å². The zero-order valence-electron chi connectivity index (χ0n) is 17.5. The molecule has 3 N–H and O–H groups in total. The van der Waals surface area contributed by atoms with Crippen LogP contribution in [0.4, 0.5) is 17.5 Å². The van der Waals surface area contributed by atoms with Crippen molar-refractivity contribution < 1.29 is 9.59 Å². The third kappa shape index (κ3) is 3.94. The lowest BCUT2D eigenvalue weighted by atomic mass is 9.92. The van der Waals surface area contributed by atoms with E-state index in [-0.39, 0.29) is 41.2 Å². The highest BCUT2D eigenvalue weighted by molar-refractivity contribution is 6.04. The summed E-state index contributed by atoms with van der Waals surface area (Å²) in [5.41, 5.74) is 2.52. The number of nitrogens with zero attached hydrogens (tertiary/aromatic N) is 2. The van der Waals surface area contributed by atoms with Gasteiger partial charge in [0, 0.05) is 24.7 Å². The zero-order chi connectivity index (χ0) is 21.4. The van der Waals surface area contributed by atoms with Crippen LogP contribution in [0.2, 0.25) is 0 Å². The van der Waals surface area contributed by atoms with Crippen molar-refractivity contribution in [2.75, 3.05) is 22.1 Å². The maximum absolute atomic E-state index is 13.0. The summed E-state index contributed by atoms with van der Waals surface area (Å²) in [4.78, 5) is 47.7. The van der Waals surface area contributed by atoms with Gasteiger partial charge in [-0.2, -0.15) is 4.98 Å². The van der Waals surface area contributed by atoms with Gasteiger partial charge in [0.25, 0.3) is 5.56 Å². The van der Waals surface area contributed by atoms with Crippen LogP contribution in [0.3, 0.4) is 0 Å². The number of hydrogen-bond donors (Lipinski definition) is 3. The maximum Gasteiger partial charge on any atom is 0.258 e. The summed E-state index contributed by atoms with van der Waals surface area (Å²) in [5, 5.41) is 5.54. The number of anilines is 3. The Kier molecular flexibility index (Phi) is 5.32. The molecule has 1 aromatic heterocycles. The van der Waals surface area contributed by atoms with Crippen molar-refractivity contribution >= 4 is 29.3 Å². The monoisotopic (exact) mass is 409 g/mol. The predicted molar refractivity (Wildman–Crippen MR) is 116 cm³/mol. The molecule has 1 saturated heterocycles. The quantitative estimate of drug-likeness (QED) is 0.723. The van der Waals surface area contributed by atoms with E-state index in [0.717, 1.165) is 36.9 Å². The Bertz CT molecular complexity index is 1040. The molecule has 4 rings (SSSR count). The van der Waals surface area contributed by atoms with E-state index in [1.165, 1.54) is 0 Å². The molecule has 8 nitrogen and oxygen atoms in total. The van der Waals surface area contributed by atoms with E-state index in [1.807, 2.05) is 32.0 Å². The van der Waals surface area contributed by atoms with Crippen molar-refractivity contribution in [3.63, 3.8) is 0 Å². The van der Waals surface area contributed by atoms with Crippen molar-refractivity contribution in [1.82, 2.24) is 9.97 Å². The average Bonchev–Trinajstić information content (AvgIpc) is 2.66. The number of piperidine rings is 1. The molecule has 2 aliphatic rings. The Hall–Kier alpha value is -3.16. The van der Waals surface area contributed by atoms with Crippen LogP contribution in [0.15, 0.2) is 23.0 Å². The van der Waals surface area contributed by atoms with Gasteiger partial charge in [0.1, 0.15) is 5.82 Å². The number of carbonyl (C=O) groups excluding carboxylic acids is 2. The lowest BCUT2D eigenvalue weighted by Crippen LogP contribution is -2.42. The first-order chi connectivity index (χ1) is 14.3. The minimum absolute atomic E-state index is 0.0894. The molecule has 0 aliphatic carbocycles. The van der Waals surface area contributed by atoms with E-state index in [1.54, 1.807) is 0 Å². The third-order valence-corrected chi connectivity index (χ3v) is 5.82. The minimum atomic E-state index is -0.890. The molecule has 0 bridgehead atoms. The molecule has 0 saturated carbocycles. The lowest BCUT2D eigenvalue weighted by Gasteiger charge is -2.34. The van der Waals surface area contributed by atoms with Crippen LogP contribution in [0.5, 0.6) is 0 Å². The number of aryl methyl sites for hydroxylation is 2. The van der Waals surface area contributed by atoms with Gasteiger partial charge >= 0.3 is 0 Å². The number of nitrogens with one attached hydrogen (secondary N) is 3. The molecule has 3 heterocycles. The van der Waals surface area contributed by atoms with Crippen LogP contribution < -0.4 is 21.1 Å².